The Hall–Kier alpha value is -2.61. The maximum Gasteiger partial charge on any atom is 0.146 e. The van der Waals surface area contributed by atoms with Gasteiger partial charge in [0, 0.05) is 5.56 Å². The van der Waals surface area contributed by atoms with E-state index in [9.17, 15) is 4.39 Å². The average Bonchev–Trinajstić information content (AvgIpc) is 2.51. The van der Waals surface area contributed by atoms with Gasteiger partial charge in [0.1, 0.15) is 5.82 Å². The van der Waals surface area contributed by atoms with Crippen LogP contribution in [0.1, 0.15) is 0 Å². The maximum absolute atomic E-state index is 13.5. The number of nitrogen functional groups attached to an aromatic ring is 1. The minimum atomic E-state index is -0.380. The Morgan fingerprint density at radius 1 is 0.600 bits per heavy atom. The van der Waals surface area contributed by atoms with Crippen molar-refractivity contribution in [2.75, 3.05) is 5.73 Å². The Morgan fingerprint density at radius 3 is 1.90 bits per heavy atom. The summed E-state index contributed by atoms with van der Waals surface area (Å²) in [5.41, 5.74) is 9.92. The van der Waals surface area contributed by atoms with Gasteiger partial charge in [0.25, 0.3) is 0 Å². The molecule has 0 aliphatic rings. The van der Waals surface area contributed by atoms with E-state index in [2.05, 4.69) is 12.1 Å². The number of hydrogen-bond donors (Lipinski definition) is 1. The van der Waals surface area contributed by atoms with Crippen LogP contribution in [0.5, 0.6) is 0 Å². The van der Waals surface area contributed by atoms with Gasteiger partial charge in [0.2, 0.25) is 0 Å². The van der Waals surface area contributed by atoms with Gasteiger partial charge in [-0.25, -0.2) is 4.39 Å². The van der Waals surface area contributed by atoms with E-state index >= 15 is 0 Å². The van der Waals surface area contributed by atoms with Crippen LogP contribution in [-0.4, -0.2) is 0 Å². The molecule has 0 aliphatic carbocycles. The predicted octanol–water partition coefficient (Wildman–Crippen LogP) is 4.74. The van der Waals surface area contributed by atoms with Gasteiger partial charge in [0.05, 0.1) is 5.69 Å². The summed E-state index contributed by atoms with van der Waals surface area (Å²) < 4.78 is 13.5. The van der Waals surface area contributed by atoms with Crippen LogP contribution in [0.15, 0.2) is 72.8 Å². The molecule has 0 bridgehead atoms. The average molecular weight is 263 g/mol. The molecular formula is C18H14FN. The van der Waals surface area contributed by atoms with Gasteiger partial charge >= 0.3 is 0 Å². The van der Waals surface area contributed by atoms with E-state index in [0.29, 0.717) is 0 Å². The molecule has 0 heterocycles. The molecule has 0 atom stereocenters. The predicted molar refractivity (Wildman–Crippen MR) is 81.7 cm³/mol. The van der Waals surface area contributed by atoms with Gasteiger partial charge < -0.3 is 5.73 Å². The van der Waals surface area contributed by atoms with E-state index in [1.165, 1.54) is 6.07 Å². The van der Waals surface area contributed by atoms with E-state index in [1.54, 1.807) is 6.07 Å². The van der Waals surface area contributed by atoms with Crippen LogP contribution in [0.25, 0.3) is 22.3 Å². The fourth-order valence-electron chi connectivity index (χ4n) is 2.26. The first-order valence-corrected chi connectivity index (χ1v) is 6.45. The fourth-order valence-corrected chi connectivity index (χ4v) is 2.26. The number of hydrogen-bond acceptors (Lipinski definition) is 1. The van der Waals surface area contributed by atoms with Crippen molar-refractivity contribution in [2.24, 2.45) is 0 Å². The van der Waals surface area contributed by atoms with Crippen molar-refractivity contribution >= 4 is 5.69 Å². The zero-order valence-electron chi connectivity index (χ0n) is 10.9. The first-order valence-electron chi connectivity index (χ1n) is 6.45. The molecule has 1 nitrogen and oxygen atoms in total. The van der Waals surface area contributed by atoms with Gasteiger partial charge in [-0.1, -0.05) is 66.7 Å². The van der Waals surface area contributed by atoms with Crippen LogP contribution in [0.2, 0.25) is 0 Å². The summed E-state index contributed by atoms with van der Waals surface area (Å²) in [7, 11) is 0. The molecule has 0 amide bonds. The first kappa shape index (κ1) is 12.4. The summed E-state index contributed by atoms with van der Waals surface area (Å²) in [6, 6.07) is 23.0. The van der Waals surface area contributed by atoms with Crippen LogP contribution in [0.3, 0.4) is 0 Å². The topological polar surface area (TPSA) is 26.0 Å². The van der Waals surface area contributed by atoms with Gasteiger partial charge in [-0.15, -0.1) is 0 Å². The number of para-hydroxylation sites is 1. The molecule has 0 unspecified atom stereocenters. The Bertz CT molecular complexity index is 718. The standard InChI is InChI=1S/C18H14FN/c19-17-8-4-7-16(18(17)20)15-11-9-14(10-12-15)13-5-2-1-3-6-13/h1-12H,20H2. The van der Waals surface area contributed by atoms with Crippen molar-refractivity contribution < 1.29 is 4.39 Å². The van der Waals surface area contributed by atoms with Crippen molar-refractivity contribution in [3.05, 3.63) is 78.6 Å². The minimum Gasteiger partial charge on any atom is -0.396 e. The smallest absolute Gasteiger partial charge is 0.146 e. The highest BCUT2D eigenvalue weighted by Gasteiger charge is 2.06. The van der Waals surface area contributed by atoms with E-state index in [-0.39, 0.29) is 11.5 Å². The van der Waals surface area contributed by atoms with Crippen molar-refractivity contribution in [2.45, 2.75) is 0 Å². The second-order valence-electron chi connectivity index (χ2n) is 4.64. The fraction of sp³-hybridized carbons (Fsp3) is 0. The van der Waals surface area contributed by atoms with Crippen LogP contribution in [-0.2, 0) is 0 Å². The second-order valence-corrected chi connectivity index (χ2v) is 4.64. The molecule has 3 aromatic rings. The highest BCUT2D eigenvalue weighted by Crippen LogP contribution is 2.29. The number of nitrogens with two attached hydrogens (primary N) is 1. The molecule has 0 saturated carbocycles. The normalized spacial score (nSPS) is 10.4. The number of benzene rings is 3. The number of rotatable bonds is 2. The van der Waals surface area contributed by atoms with Crippen molar-refractivity contribution in [1.82, 2.24) is 0 Å². The van der Waals surface area contributed by atoms with E-state index in [1.807, 2.05) is 48.5 Å². The quantitative estimate of drug-likeness (QED) is 0.664. The minimum absolute atomic E-state index is 0.194. The number of anilines is 1. The van der Waals surface area contributed by atoms with Crippen molar-refractivity contribution in [1.29, 1.82) is 0 Å². The van der Waals surface area contributed by atoms with Gasteiger partial charge in [-0.05, 0) is 22.8 Å². The van der Waals surface area contributed by atoms with Crippen LogP contribution >= 0.6 is 0 Å². The van der Waals surface area contributed by atoms with Crippen LogP contribution < -0.4 is 5.73 Å². The summed E-state index contributed by atoms with van der Waals surface area (Å²) in [5, 5.41) is 0. The second kappa shape index (κ2) is 5.17. The lowest BCUT2D eigenvalue weighted by molar-refractivity contribution is 0.633. The zero-order chi connectivity index (χ0) is 13.9. The SMILES string of the molecule is Nc1c(F)cccc1-c1ccc(-c2ccccc2)cc1. The summed E-state index contributed by atoms with van der Waals surface area (Å²) in [5.74, 6) is -0.380. The first-order chi connectivity index (χ1) is 9.75. The Balaban J connectivity index is 2.00. The van der Waals surface area contributed by atoms with Crippen molar-refractivity contribution in [3.8, 4) is 22.3 Å². The highest BCUT2D eigenvalue weighted by atomic mass is 19.1. The molecular weight excluding hydrogens is 249 g/mol. The van der Waals surface area contributed by atoms with E-state index < -0.39 is 0 Å². The van der Waals surface area contributed by atoms with Gasteiger partial charge in [-0.2, -0.15) is 0 Å². The molecule has 3 rings (SSSR count). The summed E-state index contributed by atoms with van der Waals surface area (Å²) >= 11 is 0. The molecule has 0 aromatic heterocycles. The van der Waals surface area contributed by atoms with Crippen molar-refractivity contribution in [3.63, 3.8) is 0 Å². The third kappa shape index (κ3) is 2.28. The maximum atomic E-state index is 13.5. The highest BCUT2D eigenvalue weighted by molar-refractivity contribution is 5.78. The molecule has 0 aliphatic heterocycles. The largest absolute Gasteiger partial charge is 0.396 e. The summed E-state index contributed by atoms with van der Waals surface area (Å²) in [6.07, 6.45) is 0. The van der Waals surface area contributed by atoms with Gasteiger partial charge in [-0.3, -0.25) is 0 Å². The molecule has 0 fully saturated rings. The van der Waals surface area contributed by atoms with Crippen LogP contribution in [0.4, 0.5) is 10.1 Å². The number of halogens is 1. The molecule has 0 spiro atoms. The molecule has 20 heavy (non-hydrogen) atoms. The van der Waals surface area contributed by atoms with Crippen LogP contribution in [0, 0.1) is 5.82 Å². The molecule has 0 radical (unpaired) electrons. The van der Waals surface area contributed by atoms with Gasteiger partial charge in [0.15, 0.2) is 0 Å². The molecule has 98 valence electrons. The Kier molecular flexibility index (Phi) is 3.21. The zero-order valence-corrected chi connectivity index (χ0v) is 10.9. The lowest BCUT2D eigenvalue weighted by Crippen LogP contribution is -1.93. The molecule has 2 heteroatoms. The summed E-state index contributed by atoms with van der Waals surface area (Å²) in [4.78, 5) is 0. The monoisotopic (exact) mass is 263 g/mol. The molecule has 3 aromatic carbocycles. The Morgan fingerprint density at radius 2 is 1.20 bits per heavy atom. The molecule has 0 saturated heterocycles. The summed E-state index contributed by atoms with van der Waals surface area (Å²) in [6.45, 7) is 0. The lowest BCUT2D eigenvalue weighted by atomic mass is 9.99. The lowest BCUT2D eigenvalue weighted by Gasteiger charge is -2.08. The van der Waals surface area contributed by atoms with E-state index in [0.717, 1.165) is 22.3 Å². The Labute approximate surface area is 117 Å². The third-order valence-corrected chi connectivity index (χ3v) is 3.36. The molecule has 2 N–H and O–H groups in total. The van der Waals surface area contributed by atoms with E-state index in [4.69, 9.17) is 5.73 Å². The third-order valence-electron chi connectivity index (χ3n) is 3.36.